The maximum Gasteiger partial charge on any atom is 0.230 e. The fraction of sp³-hybridized carbons (Fsp3) is 0.700. The number of hydrogen-bond acceptors (Lipinski definition) is 6. The summed E-state index contributed by atoms with van der Waals surface area (Å²) < 4.78 is 5.30. The van der Waals surface area contributed by atoms with Crippen molar-refractivity contribution in [1.82, 2.24) is 15.0 Å². The molecule has 0 spiro atoms. The minimum atomic E-state index is 0.207. The largest absolute Gasteiger partial charge is 0.381 e. The lowest BCUT2D eigenvalue weighted by molar-refractivity contribution is 0.0903. The zero-order chi connectivity index (χ0) is 12.3. The second kappa shape index (κ2) is 5.46. The Hall–Kier alpha value is -1.14. The fourth-order valence-corrected chi connectivity index (χ4v) is 1.78. The molecule has 1 saturated heterocycles. The Morgan fingerprint density at radius 2 is 1.94 bits per heavy atom. The molecule has 0 aliphatic carbocycles. The molecule has 2 rings (SSSR count). The Morgan fingerprint density at radius 3 is 2.59 bits per heavy atom. The minimum Gasteiger partial charge on any atom is -0.381 e. The van der Waals surface area contributed by atoms with Crippen LogP contribution in [0.15, 0.2) is 0 Å². The number of aromatic nitrogens is 3. The zero-order valence-corrected chi connectivity index (χ0v) is 10.7. The summed E-state index contributed by atoms with van der Waals surface area (Å²) in [4.78, 5) is 14.2. The highest BCUT2D eigenvalue weighted by Gasteiger charge is 2.15. The standard InChI is InChI=1S/C10H16ClN5O/c1-16(2)10-14-8(11)13-9(15-10)12-7-3-5-17-6-4-7/h7H,3-6H2,1-2H3,(H,12,13,14,15). The third-order valence-electron chi connectivity index (χ3n) is 2.55. The molecule has 0 radical (unpaired) electrons. The van der Waals surface area contributed by atoms with E-state index in [1.165, 1.54) is 0 Å². The van der Waals surface area contributed by atoms with Crippen LogP contribution in [0.5, 0.6) is 0 Å². The van der Waals surface area contributed by atoms with E-state index in [9.17, 15) is 0 Å². The lowest BCUT2D eigenvalue weighted by atomic mass is 10.1. The topological polar surface area (TPSA) is 63.2 Å². The molecule has 1 aliphatic heterocycles. The first-order valence-corrected chi connectivity index (χ1v) is 5.96. The van der Waals surface area contributed by atoms with Crippen LogP contribution in [0.4, 0.5) is 11.9 Å². The Kier molecular flexibility index (Phi) is 3.96. The highest BCUT2D eigenvalue weighted by molar-refractivity contribution is 6.28. The Morgan fingerprint density at radius 1 is 1.24 bits per heavy atom. The van der Waals surface area contributed by atoms with Crippen molar-refractivity contribution in [2.45, 2.75) is 18.9 Å². The van der Waals surface area contributed by atoms with Crippen LogP contribution in [0.25, 0.3) is 0 Å². The van der Waals surface area contributed by atoms with E-state index in [1.807, 2.05) is 14.1 Å². The van der Waals surface area contributed by atoms with Gasteiger partial charge in [0.2, 0.25) is 17.2 Å². The molecule has 17 heavy (non-hydrogen) atoms. The van der Waals surface area contributed by atoms with Crippen LogP contribution in [0.1, 0.15) is 12.8 Å². The molecule has 1 aliphatic rings. The second-order valence-corrected chi connectivity index (χ2v) is 4.49. The normalized spacial score (nSPS) is 16.9. The van der Waals surface area contributed by atoms with Gasteiger partial charge in [-0.1, -0.05) is 0 Å². The molecule has 7 heteroatoms. The van der Waals surface area contributed by atoms with Crippen molar-refractivity contribution in [3.63, 3.8) is 0 Å². The first-order valence-electron chi connectivity index (χ1n) is 5.58. The van der Waals surface area contributed by atoms with Crippen molar-refractivity contribution in [1.29, 1.82) is 0 Å². The summed E-state index contributed by atoms with van der Waals surface area (Å²) in [5.41, 5.74) is 0. The minimum absolute atomic E-state index is 0.207. The molecule has 1 aromatic heterocycles. The van der Waals surface area contributed by atoms with Gasteiger partial charge in [0.15, 0.2) is 0 Å². The quantitative estimate of drug-likeness (QED) is 0.877. The van der Waals surface area contributed by atoms with E-state index >= 15 is 0 Å². The molecule has 1 N–H and O–H groups in total. The van der Waals surface area contributed by atoms with Crippen molar-refractivity contribution < 1.29 is 4.74 Å². The third kappa shape index (κ3) is 3.41. The molecule has 2 heterocycles. The number of nitrogens with zero attached hydrogens (tertiary/aromatic N) is 4. The van der Waals surface area contributed by atoms with E-state index in [0.29, 0.717) is 17.9 Å². The Labute approximate surface area is 105 Å². The van der Waals surface area contributed by atoms with Crippen LogP contribution in [0.2, 0.25) is 5.28 Å². The summed E-state index contributed by atoms with van der Waals surface area (Å²) in [7, 11) is 3.73. The predicted octanol–water partition coefficient (Wildman–Crippen LogP) is 1.18. The smallest absolute Gasteiger partial charge is 0.230 e. The molecule has 6 nitrogen and oxygen atoms in total. The number of nitrogens with one attached hydrogen (secondary N) is 1. The molecule has 1 fully saturated rings. The summed E-state index contributed by atoms with van der Waals surface area (Å²) in [6.07, 6.45) is 1.92. The Balaban J connectivity index is 2.09. The summed E-state index contributed by atoms with van der Waals surface area (Å²) >= 11 is 5.86. The van der Waals surface area contributed by atoms with Crippen LogP contribution in [0, 0.1) is 0 Å². The van der Waals surface area contributed by atoms with Crippen LogP contribution in [0.3, 0.4) is 0 Å². The maximum absolute atomic E-state index is 5.86. The molecule has 0 unspecified atom stereocenters. The van der Waals surface area contributed by atoms with Gasteiger partial charge in [0.1, 0.15) is 0 Å². The SMILES string of the molecule is CN(C)c1nc(Cl)nc(NC2CCOCC2)n1. The van der Waals surface area contributed by atoms with Crippen LogP contribution >= 0.6 is 11.6 Å². The lowest BCUT2D eigenvalue weighted by Crippen LogP contribution is -2.29. The number of rotatable bonds is 3. The van der Waals surface area contributed by atoms with E-state index in [4.69, 9.17) is 16.3 Å². The molecule has 94 valence electrons. The van der Waals surface area contributed by atoms with Gasteiger partial charge in [-0.05, 0) is 24.4 Å². The molecular weight excluding hydrogens is 242 g/mol. The van der Waals surface area contributed by atoms with E-state index < -0.39 is 0 Å². The van der Waals surface area contributed by atoms with E-state index in [1.54, 1.807) is 4.90 Å². The monoisotopic (exact) mass is 257 g/mol. The van der Waals surface area contributed by atoms with Crippen LogP contribution < -0.4 is 10.2 Å². The van der Waals surface area contributed by atoms with Crippen molar-refractivity contribution in [2.75, 3.05) is 37.5 Å². The summed E-state index contributed by atoms with van der Waals surface area (Å²) in [6.45, 7) is 1.55. The van der Waals surface area contributed by atoms with Crippen LogP contribution in [-0.2, 0) is 4.74 Å². The van der Waals surface area contributed by atoms with Gasteiger partial charge in [0.05, 0.1) is 0 Å². The van der Waals surface area contributed by atoms with Gasteiger partial charge in [-0.15, -0.1) is 0 Å². The molecule has 0 aromatic carbocycles. The molecule has 0 amide bonds. The number of halogens is 1. The van der Waals surface area contributed by atoms with E-state index in [2.05, 4.69) is 20.3 Å². The number of hydrogen-bond donors (Lipinski definition) is 1. The number of anilines is 2. The predicted molar refractivity (Wildman–Crippen MR) is 66.6 cm³/mol. The van der Waals surface area contributed by atoms with Gasteiger partial charge in [0, 0.05) is 33.4 Å². The summed E-state index contributed by atoms with van der Waals surface area (Å²) in [5.74, 6) is 1.08. The highest BCUT2D eigenvalue weighted by atomic mass is 35.5. The first-order chi connectivity index (χ1) is 8.15. The van der Waals surface area contributed by atoms with Gasteiger partial charge >= 0.3 is 0 Å². The van der Waals surface area contributed by atoms with Crippen molar-refractivity contribution >= 4 is 23.5 Å². The van der Waals surface area contributed by atoms with Crippen LogP contribution in [-0.4, -0.2) is 48.3 Å². The molecule has 0 saturated carbocycles. The van der Waals surface area contributed by atoms with Crippen molar-refractivity contribution in [2.24, 2.45) is 0 Å². The summed E-state index contributed by atoms with van der Waals surface area (Å²) in [6, 6.07) is 0.345. The Bertz CT molecular complexity index is 381. The number of ether oxygens (including phenoxy) is 1. The van der Waals surface area contributed by atoms with Gasteiger partial charge in [-0.2, -0.15) is 15.0 Å². The molecular formula is C10H16ClN5O. The molecule has 0 atom stereocenters. The fourth-order valence-electron chi connectivity index (χ4n) is 1.63. The molecule has 0 bridgehead atoms. The van der Waals surface area contributed by atoms with E-state index in [0.717, 1.165) is 26.1 Å². The lowest BCUT2D eigenvalue weighted by Gasteiger charge is -2.23. The van der Waals surface area contributed by atoms with Gasteiger partial charge in [0.25, 0.3) is 0 Å². The van der Waals surface area contributed by atoms with Gasteiger partial charge in [-0.3, -0.25) is 0 Å². The van der Waals surface area contributed by atoms with Crippen molar-refractivity contribution in [3.8, 4) is 0 Å². The van der Waals surface area contributed by atoms with Crippen molar-refractivity contribution in [3.05, 3.63) is 5.28 Å². The zero-order valence-electron chi connectivity index (χ0n) is 9.98. The molecule has 1 aromatic rings. The average molecular weight is 258 g/mol. The maximum atomic E-state index is 5.86. The summed E-state index contributed by atoms with van der Waals surface area (Å²) in [5, 5.41) is 3.47. The van der Waals surface area contributed by atoms with E-state index in [-0.39, 0.29) is 5.28 Å². The van der Waals surface area contributed by atoms with Gasteiger partial charge < -0.3 is 15.0 Å². The second-order valence-electron chi connectivity index (χ2n) is 4.15. The third-order valence-corrected chi connectivity index (χ3v) is 2.72. The highest BCUT2D eigenvalue weighted by Crippen LogP contribution is 2.15. The first kappa shape index (κ1) is 12.3. The van der Waals surface area contributed by atoms with Gasteiger partial charge in [-0.25, -0.2) is 0 Å². The average Bonchev–Trinajstić information content (AvgIpc) is 2.29.